The van der Waals surface area contributed by atoms with E-state index in [0.717, 1.165) is 24.2 Å². The summed E-state index contributed by atoms with van der Waals surface area (Å²) >= 11 is 0. The molecule has 0 spiro atoms. The number of aliphatic hydroxyl groups excluding tert-OH is 3. The van der Waals surface area contributed by atoms with E-state index in [0.29, 0.717) is 6.61 Å². The maximum atomic E-state index is 9.29. The molecule has 0 heterocycles. The number of hydrogen-bond donors (Lipinski definition) is 3. The zero-order valence-corrected chi connectivity index (χ0v) is 20.0. The van der Waals surface area contributed by atoms with Gasteiger partial charge in [0.15, 0.2) is 0 Å². The lowest BCUT2D eigenvalue weighted by atomic mass is 9.91. The summed E-state index contributed by atoms with van der Waals surface area (Å²) in [6.07, 6.45) is 13.8. The Morgan fingerprint density at radius 3 is 1.76 bits per heavy atom. The van der Waals surface area contributed by atoms with Crippen molar-refractivity contribution in [3.8, 4) is 0 Å². The molecule has 2 unspecified atom stereocenters. The first-order valence-corrected chi connectivity index (χ1v) is 11.8. The maximum Gasteiger partial charge on any atom is 0.0650 e. The Labute approximate surface area is 180 Å². The predicted molar refractivity (Wildman–Crippen MR) is 123 cm³/mol. The van der Waals surface area contributed by atoms with Crippen molar-refractivity contribution >= 4 is 0 Å². The number of rotatable bonds is 19. The molecule has 0 aromatic rings. The Balaban J connectivity index is 3.81. The van der Waals surface area contributed by atoms with E-state index >= 15 is 0 Å². The van der Waals surface area contributed by atoms with Gasteiger partial charge in [-0.25, -0.2) is 0 Å². The van der Waals surface area contributed by atoms with Crippen LogP contribution < -0.4 is 0 Å². The Hall–Kier alpha value is -0.420. The molecule has 0 fully saturated rings. The normalized spacial score (nSPS) is 15.1. The van der Waals surface area contributed by atoms with E-state index in [1.807, 2.05) is 0 Å². The molecule has 2 atom stereocenters. The van der Waals surface area contributed by atoms with Crippen molar-refractivity contribution in [1.29, 1.82) is 0 Å². The maximum absolute atomic E-state index is 9.29. The van der Waals surface area contributed by atoms with Gasteiger partial charge in [0.05, 0.1) is 38.4 Å². The smallest absolute Gasteiger partial charge is 0.0650 e. The molecule has 4 heteroatoms. The quantitative estimate of drug-likeness (QED) is 0.197. The van der Waals surface area contributed by atoms with E-state index < -0.39 is 5.41 Å². The second kappa shape index (κ2) is 17.3. The number of aliphatic hydroxyl groups is 3. The van der Waals surface area contributed by atoms with Crippen molar-refractivity contribution in [2.75, 3.05) is 33.0 Å². The number of hydrogen-bond acceptors (Lipinski definition) is 4. The third-order valence-corrected chi connectivity index (χ3v) is 6.10. The van der Waals surface area contributed by atoms with E-state index in [9.17, 15) is 15.3 Å². The number of allylic oxidation sites excluding steroid dienone is 1. The van der Waals surface area contributed by atoms with Crippen LogP contribution in [0.15, 0.2) is 11.6 Å². The van der Waals surface area contributed by atoms with Gasteiger partial charge in [0, 0.05) is 0 Å². The molecule has 174 valence electrons. The highest BCUT2D eigenvalue weighted by Crippen LogP contribution is 2.22. The average Bonchev–Trinajstić information content (AvgIpc) is 2.68. The van der Waals surface area contributed by atoms with Gasteiger partial charge in [-0.1, -0.05) is 84.3 Å². The SMILES string of the molecule is CC(=CCOCC(CO)(CO)CO)CCCC(C)CCCC(C)CCCC(C)C. The molecule has 0 bridgehead atoms. The molecule has 0 aliphatic rings. The first-order valence-electron chi connectivity index (χ1n) is 11.8. The summed E-state index contributed by atoms with van der Waals surface area (Å²) in [5.41, 5.74) is 0.377. The van der Waals surface area contributed by atoms with Gasteiger partial charge >= 0.3 is 0 Å². The number of ether oxygens (including phenoxy) is 1. The summed E-state index contributed by atoms with van der Waals surface area (Å²) in [4.78, 5) is 0. The highest BCUT2D eigenvalue weighted by molar-refractivity contribution is 4.98. The average molecular weight is 415 g/mol. The minimum absolute atomic E-state index is 0.160. The summed E-state index contributed by atoms with van der Waals surface area (Å²) in [5.74, 6) is 2.50. The van der Waals surface area contributed by atoms with Crippen molar-refractivity contribution in [1.82, 2.24) is 0 Å². The topological polar surface area (TPSA) is 69.9 Å². The molecule has 0 saturated carbocycles. The van der Waals surface area contributed by atoms with Crippen LogP contribution in [0.4, 0.5) is 0 Å². The largest absolute Gasteiger partial charge is 0.396 e. The van der Waals surface area contributed by atoms with Gasteiger partial charge in [0.2, 0.25) is 0 Å². The lowest BCUT2D eigenvalue weighted by molar-refractivity contribution is -0.0524. The van der Waals surface area contributed by atoms with Crippen molar-refractivity contribution in [3.63, 3.8) is 0 Å². The molecule has 0 aliphatic carbocycles. The van der Waals surface area contributed by atoms with Crippen LogP contribution in [-0.2, 0) is 4.74 Å². The van der Waals surface area contributed by atoms with Gasteiger partial charge < -0.3 is 20.1 Å². The van der Waals surface area contributed by atoms with E-state index in [1.165, 1.54) is 56.9 Å². The second-order valence-electron chi connectivity index (χ2n) is 9.90. The lowest BCUT2D eigenvalue weighted by Gasteiger charge is -2.26. The van der Waals surface area contributed by atoms with Crippen LogP contribution in [0.3, 0.4) is 0 Å². The third-order valence-electron chi connectivity index (χ3n) is 6.10. The Kier molecular flexibility index (Phi) is 17.0. The summed E-state index contributed by atoms with van der Waals surface area (Å²) < 4.78 is 5.53. The minimum atomic E-state index is -0.941. The fourth-order valence-corrected chi connectivity index (χ4v) is 3.57. The second-order valence-corrected chi connectivity index (χ2v) is 9.90. The lowest BCUT2D eigenvalue weighted by Crippen LogP contribution is -2.38. The van der Waals surface area contributed by atoms with Crippen LogP contribution in [0.5, 0.6) is 0 Å². The highest BCUT2D eigenvalue weighted by Gasteiger charge is 2.28. The Morgan fingerprint density at radius 2 is 1.28 bits per heavy atom. The van der Waals surface area contributed by atoms with Crippen LogP contribution in [0.2, 0.25) is 0 Å². The van der Waals surface area contributed by atoms with Gasteiger partial charge in [-0.2, -0.15) is 0 Å². The molecule has 0 aliphatic heterocycles. The van der Waals surface area contributed by atoms with Crippen molar-refractivity contribution in [2.24, 2.45) is 23.2 Å². The molecule has 0 rings (SSSR count). The summed E-state index contributed by atoms with van der Waals surface area (Å²) in [6.45, 7) is 11.3. The first-order chi connectivity index (χ1) is 13.8. The molecular weight excluding hydrogens is 364 g/mol. The zero-order chi connectivity index (χ0) is 22.1. The van der Waals surface area contributed by atoms with Crippen molar-refractivity contribution in [2.45, 2.75) is 92.4 Å². The van der Waals surface area contributed by atoms with Crippen LogP contribution in [-0.4, -0.2) is 48.4 Å². The fraction of sp³-hybridized carbons (Fsp3) is 0.920. The van der Waals surface area contributed by atoms with Gasteiger partial charge in [-0.15, -0.1) is 0 Å². The third kappa shape index (κ3) is 15.1. The molecule has 0 amide bonds. The van der Waals surface area contributed by atoms with Gasteiger partial charge in [-0.05, 0) is 37.5 Å². The van der Waals surface area contributed by atoms with Crippen LogP contribution in [0.1, 0.15) is 92.4 Å². The minimum Gasteiger partial charge on any atom is -0.396 e. The Bertz CT molecular complexity index is 393. The summed E-state index contributed by atoms with van der Waals surface area (Å²) in [5, 5.41) is 27.9. The fourth-order valence-electron chi connectivity index (χ4n) is 3.57. The van der Waals surface area contributed by atoms with Crippen LogP contribution in [0.25, 0.3) is 0 Å². The summed E-state index contributed by atoms with van der Waals surface area (Å²) in [6, 6.07) is 0. The molecule has 3 N–H and O–H groups in total. The molecule has 0 aromatic carbocycles. The monoisotopic (exact) mass is 414 g/mol. The molecule has 0 aromatic heterocycles. The van der Waals surface area contributed by atoms with Crippen LogP contribution in [0, 0.1) is 23.2 Å². The standard InChI is InChI=1S/C25H50O4/c1-21(2)9-6-10-22(3)11-7-12-23(4)13-8-14-24(5)15-16-29-20-25(17-26,18-27)19-28/h15,21-23,26-28H,6-14,16-20H2,1-5H3. The molecule has 4 nitrogen and oxygen atoms in total. The molecule has 29 heavy (non-hydrogen) atoms. The summed E-state index contributed by atoms with van der Waals surface area (Å²) in [7, 11) is 0. The predicted octanol–water partition coefficient (Wildman–Crippen LogP) is 5.35. The molecular formula is C25H50O4. The zero-order valence-electron chi connectivity index (χ0n) is 20.0. The first kappa shape index (κ1) is 28.6. The van der Waals surface area contributed by atoms with E-state index in [-0.39, 0.29) is 26.4 Å². The van der Waals surface area contributed by atoms with Gasteiger partial charge in [-0.3, -0.25) is 0 Å². The van der Waals surface area contributed by atoms with Crippen LogP contribution >= 0.6 is 0 Å². The van der Waals surface area contributed by atoms with Crippen molar-refractivity contribution in [3.05, 3.63) is 11.6 Å². The van der Waals surface area contributed by atoms with E-state index in [1.54, 1.807) is 0 Å². The van der Waals surface area contributed by atoms with Crippen molar-refractivity contribution < 1.29 is 20.1 Å². The molecule has 0 radical (unpaired) electrons. The highest BCUT2D eigenvalue weighted by atomic mass is 16.5. The van der Waals surface area contributed by atoms with E-state index in [4.69, 9.17) is 4.74 Å². The van der Waals surface area contributed by atoms with E-state index in [2.05, 4.69) is 40.7 Å². The van der Waals surface area contributed by atoms with Gasteiger partial charge in [0.25, 0.3) is 0 Å². The molecule has 0 saturated heterocycles. The van der Waals surface area contributed by atoms with Gasteiger partial charge in [0.1, 0.15) is 0 Å². The Morgan fingerprint density at radius 1 is 0.793 bits per heavy atom.